The van der Waals surface area contributed by atoms with Gasteiger partial charge in [-0.1, -0.05) is 35.9 Å². The number of carbonyl (C=O) groups excluding carboxylic acids is 2. The molecule has 0 radical (unpaired) electrons. The third-order valence-corrected chi connectivity index (χ3v) is 3.54. The van der Waals surface area contributed by atoms with Crippen LogP contribution in [0.4, 0.5) is 0 Å². The lowest BCUT2D eigenvalue weighted by Crippen LogP contribution is -2.41. The van der Waals surface area contributed by atoms with Crippen LogP contribution in [0.2, 0.25) is 5.02 Å². The molecule has 0 aliphatic carbocycles. The minimum atomic E-state index is -0.494. The van der Waals surface area contributed by atoms with Gasteiger partial charge < -0.3 is 4.42 Å². The fraction of sp³-hybridized carbons (Fsp3) is 0.0556. The van der Waals surface area contributed by atoms with E-state index in [1.165, 1.54) is 12.2 Å². The van der Waals surface area contributed by atoms with Gasteiger partial charge in [-0.25, -0.2) is 4.98 Å². The number of carbonyl (C=O) groups is 2. The summed E-state index contributed by atoms with van der Waals surface area (Å²) >= 11 is 5.78. The molecule has 0 saturated heterocycles. The Bertz CT molecular complexity index is 899. The van der Waals surface area contributed by atoms with Gasteiger partial charge in [0.1, 0.15) is 5.52 Å². The Morgan fingerprint density at radius 1 is 1.08 bits per heavy atom. The van der Waals surface area contributed by atoms with Crippen molar-refractivity contribution in [1.29, 1.82) is 0 Å². The van der Waals surface area contributed by atoms with E-state index in [4.69, 9.17) is 16.0 Å². The van der Waals surface area contributed by atoms with E-state index in [-0.39, 0.29) is 12.3 Å². The molecule has 0 aliphatic heterocycles. The lowest BCUT2D eigenvalue weighted by atomic mass is 10.1. The number of aromatic nitrogens is 1. The molecule has 0 aliphatic rings. The summed E-state index contributed by atoms with van der Waals surface area (Å²) in [5.74, 6) is -0.526. The number of hydrogen-bond acceptors (Lipinski definition) is 4. The van der Waals surface area contributed by atoms with Crippen molar-refractivity contribution in [3.05, 3.63) is 71.1 Å². The van der Waals surface area contributed by atoms with E-state index in [1.54, 1.807) is 30.3 Å². The summed E-state index contributed by atoms with van der Waals surface area (Å²) in [6, 6.07) is 14.2. The van der Waals surface area contributed by atoms with Gasteiger partial charge in [0, 0.05) is 17.2 Å². The second-order valence-corrected chi connectivity index (χ2v) is 5.63. The van der Waals surface area contributed by atoms with E-state index < -0.39 is 5.91 Å². The zero-order chi connectivity index (χ0) is 17.6. The molecular weight excluding hydrogens is 342 g/mol. The molecule has 0 unspecified atom stereocenters. The number of fused-ring (bicyclic) bond motifs is 1. The maximum atomic E-state index is 11.8. The van der Waals surface area contributed by atoms with E-state index >= 15 is 0 Å². The zero-order valence-electron chi connectivity index (χ0n) is 13.0. The number of nitrogens with one attached hydrogen (secondary N) is 2. The monoisotopic (exact) mass is 355 g/mol. The smallest absolute Gasteiger partial charge is 0.262 e. The lowest BCUT2D eigenvalue weighted by Gasteiger charge is -2.05. The highest BCUT2D eigenvalue weighted by Gasteiger charge is 2.05. The van der Waals surface area contributed by atoms with E-state index in [1.807, 2.05) is 18.2 Å². The number of hydrogen-bond donors (Lipinski definition) is 2. The van der Waals surface area contributed by atoms with Gasteiger partial charge in [0.15, 0.2) is 5.58 Å². The summed E-state index contributed by atoms with van der Waals surface area (Å²) in [5, 5.41) is 0.599. The van der Waals surface area contributed by atoms with Gasteiger partial charge in [-0.3, -0.25) is 20.4 Å². The topological polar surface area (TPSA) is 84.2 Å². The Kier molecular flexibility index (Phi) is 5.11. The van der Waals surface area contributed by atoms with Crippen molar-refractivity contribution in [3.8, 4) is 0 Å². The number of rotatable bonds is 4. The second-order valence-electron chi connectivity index (χ2n) is 5.19. The number of nitrogens with zero attached hydrogens (tertiary/aromatic N) is 1. The molecule has 2 amide bonds. The third kappa shape index (κ3) is 4.68. The maximum absolute atomic E-state index is 11.8. The Labute approximate surface area is 148 Å². The van der Waals surface area contributed by atoms with E-state index in [9.17, 15) is 9.59 Å². The van der Waals surface area contributed by atoms with Crippen LogP contribution in [0, 0.1) is 0 Å². The molecule has 7 heteroatoms. The van der Waals surface area contributed by atoms with Gasteiger partial charge in [0.2, 0.25) is 11.8 Å². The number of amides is 2. The first-order chi connectivity index (χ1) is 12.1. The van der Waals surface area contributed by atoms with Crippen molar-refractivity contribution in [1.82, 2.24) is 15.8 Å². The van der Waals surface area contributed by atoms with Crippen LogP contribution in [0.3, 0.4) is 0 Å². The highest BCUT2D eigenvalue weighted by Crippen LogP contribution is 2.15. The van der Waals surface area contributed by atoms with Crippen molar-refractivity contribution >= 4 is 40.6 Å². The standard InChI is InChI=1S/C18H14ClN3O3/c19-13-7-5-12(6-8-13)11-17(24)22-21-16(23)9-10-18-20-14-3-1-2-4-15(14)25-18/h1-10H,11H2,(H,21,23)(H,22,24)/b10-9+. The van der Waals surface area contributed by atoms with Crippen LogP contribution >= 0.6 is 11.6 Å². The minimum absolute atomic E-state index is 0.131. The maximum Gasteiger partial charge on any atom is 0.262 e. The fourth-order valence-electron chi connectivity index (χ4n) is 2.11. The van der Waals surface area contributed by atoms with Crippen molar-refractivity contribution in [2.75, 3.05) is 0 Å². The third-order valence-electron chi connectivity index (χ3n) is 3.29. The van der Waals surface area contributed by atoms with Crippen molar-refractivity contribution in [3.63, 3.8) is 0 Å². The first kappa shape index (κ1) is 16.7. The summed E-state index contributed by atoms with van der Waals surface area (Å²) < 4.78 is 5.46. The molecule has 126 valence electrons. The molecule has 3 rings (SSSR count). The Hall–Kier alpha value is -3.12. The summed E-state index contributed by atoms with van der Waals surface area (Å²) in [6.07, 6.45) is 2.79. The molecule has 0 fully saturated rings. The predicted molar refractivity (Wildman–Crippen MR) is 94.5 cm³/mol. The molecule has 1 heterocycles. The van der Waals surface area contributed by atoms with Crippen LogP contribution in [0.5, 0.6) is 0 Å². The van der Waals surface area contributed by atoms with Crippen LogP contribution in [-0.2, 0) is 16.0 Å². The minimum Gasteiger partial charge on any atom is -0.437 e. The average molecular weight is 356 g/mol. The van der Waals surface area contributed by atoms with Crippen LogP contribution in [0.25, 0.3) is 17.2 Å². The predicted octanol–water partition coefficient (Wildman–Crippen LogP) is 2.88. The Balaban J connectivity index is 1.50. The first-order valence-corrected chi connectivity index (χ1v) is 7.85. The summed E-state index contributed by atoms with van der Waals surface area (Å²) in [5.41, 5.74) is 6.77. The highest BCUT2D eigenvalue weighted by atomic mass is 35.5. The van der Waals surface area contributed by atoms with E-state index in [0.29, 0.717) is 22.0 Å². The molecule has 3 aromatic rings. The molecule has 2 aromatic carbocycles. The van der Waals surface area contributed by atoms with Gasteiger partial charge in [-0.05, 0) is 29.8 Å². The normalized spacial score (nSPS) is 10.9. The molecule has 0 bridgehead atoms. The molecule has 25 heavy (non-hydrogen) atoms. The van der Waals surface area contributed by atoms with Crippen LogP contribution < -0.4 is 10.9 Å². The van der Waals surface area contributed by atoms with Gasteiger partial charge >= 0.3 is 0 Å². The fourth-order valence-corrected chi connectivity index (χ4v) is 2.24. The number of para-hydroxylation sites is 2. The molecule has 6 nitrogen and oxygen atoms in total. The van der Waals surface area contributed by atoms with Gasteiger partial charge in [0.05, 0.1) is 6.42 Å². The van der Waals surface area contributed by atoms with E-state index in [0.717, 1.165) is 5.56 Å². The number of hydrazine groups is 1. The zero-order valence-corrected chi connectivity index (χ0v) is 13.8. The SMILES string of the molecule is O=C(/C=C/c1nc2ccccc2o1)NNC(=O)Cc1ccc(Cl)cc1. The van der Waals surface area contributed by atoms with Crippen molar-refractivity contribution < 1.29 is 14.0 Å². The first-order valence-electron chi connectivity index (χ1n) is 7.47. The number of benzene rings is 2. The molecule has 0 atom stereocenters. The largest absolute Gasteiger partial charge is 0.437 e. The lowest BCUT2D eigenvalue weighted by molar-refractivity contribution is -0.126. The molecular formula is C18H14ClN3O3. The van der Waals surface area contributed by atoms with Crippen LogP contribution in [0.1, 0.15) is 11.5 Å². The van der Waals surface area contributed by atoms with Gasteiger partial charge in [-0.15, -0.1) is 0 Å². The molecule has 1 aromatic heterocycles. The molecule has 0 spiro atoms. The van der Waals surface area contributed by atoms with Crippen LogP contribution in [-0.4, -0.2) is 16.8 Å². The average Bonchev–Trinajstić information content (AvgIpc) is 3.03. The molecule has 2 N–H and O–H groups in total. The van der Waals surface area contributed by atoms with Gasteiger partial charge in [0.25, 0.3) is 5.91 Å². The van der Waals surface area contributed by atoms with Crippen LogP contribution in [0.15, 0.2) is 59.0 Å². The van der Waals surface area contributed by atoms with E-state index in [2.05, 4.69) is 15.8 Å². The summed E-state index contributed by atoms with van der Waals surface area (Å²) in [7, 11) is 0. The quantitative estimate of drug-likeness (QED) is 0.556. The number of halogens is 1. The second kappa shape index (κ2) is 7.63. The van der Waals surface area contributed by atoms with Gasteiger partial charge in [-0.2, -0.15) is 0 Å². The number of oxazole rings is 1. The Morgan fingerprint density at radius 2 is 1.84 bits per heavy atom. The highest BCUT2D eigenvalue weighted by molar-refractivity contribution is 6.30. The summed E-state index contributed by atoms with van der Waals surface area (Å²) in [4.78, 5) is 27.7. The molecule has 0 saturated carbocycles. The summed E-state index contributed by atoms with van der Waals surface area (Å²) in [6.45, 7) is 0. The Morgan fingerprint density at radius 3 is 2.60 bits per heavy atom. The van der Waals surface area contributed by atoms with Crippen molar-refractivity contribution in [2.24, 2.45) is 0 Å². The van der Waals surface area contributed by atoms with Crippen molar-refractivity contribution in [2.45, 2.75) is 6.42 Å².